The Balaban J connectivity index is 4.31. The van der Waals surface area contributed by atoms with Gasteiger partial charge in [-0.2, -0.15) is 4.31 Å². The molecule has 96 valence electrons. The Bertz CT molecular complexity index is 286. The molecule has 0 bridgehead atoms. The second kappa shape index (κ2) is 7.81. The monoisotopic (exact) mass is 248 g/mol. The van der Waals surface area contributed by atoms with Crippen LogP contribution in [-0.4, -0.2) is 44.2 Å². The lowest BCUT2D eigenvalue weighted by Gasteiger charge is -2.24. The van der Waals surface area contributed by atoms with Crippen molar-refractivity contribution in [2.75, 3.05) is 25.4 Å². The molecule has 0 amide bonds. The Kier molecular flexibility index (Phi) is 7.62. The zero-order valence-corrected chi connectivity index (χ0v) is 11.4. The van der Waals surface area contributed by atoms with Gasteiger partial charge in [-0.3, -0.25) is 0 Å². The van der Waals surface area contributed by atoms with Gasteiger partial charge in [0, 0.05) is 19.1 Å². The first-order valence-corrected chi connectivity index (χ1v) is 7.37. The van der Waals surface area contributed by atoms with Crippen molar-refractivity contribution in [2.24, 2.45) is 0 Å². The van der Waals surface area contributed by atoms with Gasteiger partial charge in [-0.25, -0.2) is 8.42 Å². The number of nitrogens with zero attached hydrogens (tertiary/aromatic N) is 1. The SMILES string of the molecule is C=CCN(C(C)C)S(=O)(=O)CCNCCC. The van der Waals surface area contributed by atoms with Crippen LogP contribution >= 0.6 is 0 Å². The van der Waals surface area contributed by atoms with E-state index in [0.717, 1.165) is 13.0 Å². The van der Waals surface area contributed by atoms with E-state index in [0.29, 0.717) is 13.1 Å². The summed E-state index contributed by atoms with van der Waals surface area (Å²) in [6.45, 7) is 11.1. The molecule has 0 aromatic carbocycles. The van der Waals surface area contributed by atoms with Gasteiger partial charge in [0.15, 0.2) is 0 Å². The summed E-state index contributed by atoms with van der Waals surface area (Å²) in [6, 6.07) is -0.0193. The van der Waals surface area contributed by atoms with Crippen LogP contribution in [0.25, 0.3) is 0 Å². The molecule has 0 spiro atoms. The first-order valence-electron chi connectivity index (χ1n) is 5.76. The van der Waals surface area contributed by atoms with Gasteiger partial charge >= 0.3 is 0 Å². The topological polar surface area (TPSA) is 49.4 Å². The molecule has 0 atom stereocenters. The lowest BCUT2D eigenvalue weighted by atomic mass is 10.4. The number of hydrogen-bond acceptors (Lipinski definition) is 3. The van der Waals surface area contributed by atoms with E-state index in [4.69, 9.17) is 0 Å². The summed E-state index contributed by atoms with van der Waals surface area (Å²) in [4.78, 5) is 0. The van der Waals surface area contributed by atoms with Crippen LogP contribution in [0.5, 0.6) is 0 Å². The maximum Gasteiger partial charge on any atom is 0.215 e. The fourth-order valence-corrected chi connectivity index (χ4v) is 3.00. The number of rotatable bonds is 9. The molecule has 4 nitrogen and oxygen atoms in total. The predicted octanol–water partition coefficient (Wildman–Crippen LogP) is 1.21. The molecule has 0 aliphatic rings. The van der Waals surface area contributed by atoms with Gasteiger partial charge in [0.1, 0.15) is 0 Å². The van der Waals surface area contributed by atoms with Crippen molar-refractivity contribution in [1.82, 2.24) is 9.62 Å². The minimum absolute atomic E-state index is 0.0193. The third-order valence-electron chi connectivity index (χ3n) is 2.21. The Labute approximate surface area is 99.8 Å². The zero-order chi connectivity index (χ0) is 12.6. The summed E-state index contributed by atoms with van der Waals surface area (Å²) in [6.07, 6.45) is 2.64. The second-order valence-corrected chi connectivity index (χ2v) is 6.06. The minimum atomic E-state index is -3.16. The van der Waals surface area contributed by atoms with Crippen LogP contribution in [-0.2, 0) is 10.0 Å². The summed E-state index contributed by atoms with van der Waals surface area (Å²) in [5.41, 5.74) is 0. The van der Waals surface area contributed by atoms with E-state index >= 15 is 0 Å². The van der Waals surface area contributed by atoms with Crippen molar-refractivity contribution in [2.45, 2.75) is 33.2 Å². The third-order valence-corrected chi connectivity index (χ3v) is 4.21. The van der Waals surface area contributed by atoms with Crippen LogP contribution in [0.3, 0.4) is 0 Å². The molecule has 0 saturated heterocycles. The van der Waals surface area contributed by atoms with E-state index in [-0.39, 0.29) is 11.8 Å². The highest BCUT2D eigenvalue weighted by Crippen LogP contribution is 2.06. The fraction of sp³-hybridized carbons (Fsp3) is 0.818. The van der Waals surface area contributed by atoms with Gasteiger partial charge in [-0.05, 0) is 26.8 Å². The molecule has 0 heterocycles. The van der Waals surface area contributed by atoms with Crippen LogP contribution in [0.1, 0.15) is 27.2 Å². The van der Waals surface area contributed by atoms with Crippen LogP contribution in [0.2, 0.25) is 0 Å². The Morgan fingerprint density at radius 3 is 2.44 bits per heavy atom. The molecule has 0 aromatic rings. The summed E-state index contributed by atoms with van der Waals surface area (Å²) in [5.74, 6) is 0.152. The van der Waals surface area contributed by atoms with Crippen molar-refractivity contribution in [3.63, 3.8) is 0 Å². The van der Waals surface area contributed by atoms with Crippen molar-refractivity contribution in [1.29, 1.82) is 0 Å². The lowest BCUT2D eigenvalue weighted by molar-refractivity contribution is 0.382. The van der Waals surface area contributed by atoms with Gasteiger partial charge < -0.3 is 5.32 Å². The second-order valence-electron chi connectivity index (χ2n) is 4.02. The fourth-order valence-electron chi connectivity index (χ4n) is 1.39. The molecule has 0 fully saturated rings. The normalized spacial score (nSPS) is 12.3. The van der Waals surface area contributed by atoms with E-state index in [1.165, 1.54) is 4.31 Å². The third kappa shape index (κ3) is 5.63. The molecule has 0 unspecified atom stereocenters. The van der Waals surface area contributed by atoms with E-state index in [1.54, 1.807) is 6.08 Å². The van der Waals surface area contributed by atoms with Crippen LogP contribution in [0.4, 0.5) is 0 Å². The van der Waals surface area contributed by atoms with E-state index in [2.05, 4.69) is 18.8 Å². The van der Waals surface area contributed by atoms with Gasteiger partial charge in [0.25, 0.3) is 0 Å². The first-order chi connectivity index (χ1) is 7.45. The molecule has 0 aliphatic carbocycles. The van der Waals surface area contributed by atoms with Crippen molar-refractivity contribution < 1.29 is 8.42 Å². The zero-order valence-electron chi connectivity index (χ0n) is 10.6. The van der Waals surface area contributed by atoms with Crippen molar-refractivity contribution in [3.8, 4) is 0 Å². The maximum atomic E-state index is 12.0. The standard InChI is InChI=1S/C11H24N2O2S/c1-5-7-12-8-10-16(14,15)13(9-6-2)11(3)4/h6,11-12H,2,5,7-10H2,1,3-4H3. The van der Waals surface area contributed by atoms with Crippen LogP contribution < -0.4 is 5.32 Å². The summed E-state index contributed by atoms with van der Waals surface area (Å²) < 4.78 is 25.4. The van der Waals surface area contributed by atoms with Gasteiger partial charge in [-0.1, -0.05) is 13.0 Å². The molecule has 0 aliphatic heterocycles. The molecule has 0 rings (SSSR count). The van der Waals surface area contributed by atoms with E-state index < -0.39 is 10.0 Å². The summed E-state index contributed by atoms with van der Waals surface area (Å²) in [5, 5.41) is 3.10. The maximum absolute atomic E-state index is 12.0. The van der Waals surface area contributed by atoms with E-state index in [9.17, 15) is 8.42 Å². The van der Waals surface area contributed by atoms with Crippen LogP contribution in [0.15, 0.2) is 12.7 Å². The Hall–Kier alpha value is -0.390. The summed E-state index contributed by atoms with van der Waals surface area (Å²) >= 11 is 0. The molecular formula is C11H24N2O2S. The predicted molar refractivity (Wildman–Crippen MR) is 69.0 cm³/mol. The lowest BCUT2D eigenvalue weighted by Crippen LogP contribution is -2.40. The number of sulfonamides is 1. The molecule has 0 radical (unpaired) electrons. The van der Waals surface area contributed by atoms with Gasteiger partial charge in [-0.15, -0.1) is 6.58 Å². The smallest absolute Gasteiger partial charge is 0.215 e. The van der Waals surface area contributed by atoms with Crippen molar-refractivity contribution >= 4 is 10.0 Å². The quantitative estimate of drug-likeness (QED) is 0.493. The number of hydrogen-bond donors (Lipinski definition) is 1. The molecule has 5 heteroatoms. The molecule has 0 saturated carbocycles. The molecule has 0 aromatic heterocycles. The highest BCUT2D eigenvalue weighted by Gasteiger charge is 2.22. The highest BCUT2D eigenvalue weighted by atomic mass is 32.2. The Morgan fingerprint density at radius 2 is 2.00 bits per heavy atom. The highest BCUT2D eigenvalue weighted by molar-refractivity contribution is 7.89. The molecule has 16 heavy (non-hydrogen) atoms. The molecule has 1 N–H and O–H groups in total. The number of nitrogens with one attached hydrogen (secondary N) is 1. The Morgan fingerprint density at radius 1 is 1.38 bits per heavy atom. The first kappa shape index (κ1) is 15.6. The van der Waals surface area contributed by atoms with Crippen molar-refractivity contribution in [3.05, 3.63) is 12.7 Å². The van der Waals surface area contributed by atoms with E-state index in [1.807, 2.05) is 13.8 Å². The van der Waals surface area contributed by atoms with Gasteiger partial charge in [0.2, 0.25) is 10.0 Å². The average molecular weight is 248 g/mol. The van der Waals surface area contributed by atoms with Crippen LogP contribution in [0, 0.1) is 0 Å². The van der Waals surface area contributed by atoms with Gasteiger partial charge in [0.05, 0.1) is 5.75 Å². The molecular weight excluding hydrogens is 224 g/mol. The average Bonchev–Trinajstić information content (AvgIpc) is 2.20. The largest absolute Gasteiger partial charge is 0.316 e. The minimum Gasteiger partial charge on any atom is -0.316 e. The summed E-state index contributed by atoms with van der Waals surface area (Å²) in [7, 11) is -3.16.